The molecule has 0 aliphatic carbocycles. The van der Waals surface area contributed by atoms with E-state index in [1.165, 1.54) is 12.8 Å². The first-order valence-corrected chi connectivity index (χ1v) is 7.21. The van der Waals surface area contributed by atoms with Crippen LogP contribution in [0.4, 0.5) is 0 Å². The van der Waals surface area contributed by atoms with E-state index in [4.69, 9.17) is 14.2 Å². The number of ether oxygens (including phenoxy) is 3. The molecular formula is C14H20BrNO3. The number of halogens is 1. The third-order valence-corrected chi connectivity index (χ3v) is 4.20. The predicted octanol–water partition coefficient (Wildman–Crippen LogP) is 2.77. The number of nitrogens with one attached hydrogen (secondary N) is 1. The molecule has 0 saturated carbocycles. The van der Waals surface area contributed by atoms with Crippen molar-refractivity contribution in [1.29, 1.82) is 0 Å². The summed E-state index contributed by atoms with van der Waals surface area (Å²) in [4.78, 5) is 0. The van der Waals surface area contributed by atoms with E-state index in [0.29, 0.717) is 11.8 Å². The summed E-state index contributed by atoms with van der Waals surface area (Å²) in [6, 6.07) is 2.52. The van der Waals surface area contributed by atoms with Crippen molar-refractivity contribution in [1.82, 2.24) is 5.32 Å². The van der Waals surface area contributed by atoms with Crippen LogP contribution in [0.3, 0.4) is 0 Å². The van der Waals surface area contributed by atoms with E-state index in [1.807, 2.05) is 6.07 Å². The van der Waals surface area contributed by atoms with Crippen molar-refractivity contribution in [3.63, 3.8) is 0 Å². The standard InChI is InChI=1S/C14H20BrNO3/c1-17-11-8-9(7-10-5-4-6-16-10)13(18-2)12(15)14(11)19-3/h8,10,16H,4-7H2,1-3H3. The van der Waals surface area contributed by atoms with E-state index in [-0.39, 0.29) is 0 Å². The smallest absolute Gasteiger partial charge is 0.178 e. The lowest BCUT2D eigenvalue weighted by Gasteiger charge is -2.18. The van der Waals surface area contributed by atoms with Gasteiger partial charge in [0, 0.05) is 11.6 Å². The summed E-state index contributed by atoms with van der Waals surface area (Å²) in [6.07, 6.45) is 3.37. The van der Waals surface area contributed by atoms with E-state index in [1.54, 1.807) is 21.3 Å². The van der Waals surface area contributed by atoms with Crippen LogP contribution in [0, 0.1) is 0 Å². The van der Waals surface area contributed by atoms with E-state index >= 15 is 0 Å². The lowest BCUT2D eigenvalue weighted by molar-refractivity contribution is 0.343. The molecule has 0 bridgehead atoms. The van der Waals surface area contributed by atoms with Gasteiger partial charge in [0.2, 0.25) is 0 Å². The minimum absolute atomic E-state index is 0.513. The van der Waals surface area contributed by atoms with E-state index < -0.39 is 0 Å². The van der Waals surface area contributed by atoms with Gasteiger partial charge in [-0.15, -0.1) is 0 Å². The Balaban J connectivity index is 2.37. The molecule has 1 atom stereocenters. The molecule has 0 aromatic heterocycles. The van der Waals surface area contributed by atoms with Crippen LogP contribution < -0.4 is 19.5 Å². The van der Waals surface area contributed by atoms with Gasteiger partial charge in [-0.25, -0.2) is 0 Å². The van der Waals surface area contributed by atoms with Gasteiger partial charge in [0.15, 0.2) is 11.5 Å². The molecule has 1 aromatic carbocycles. The molecule has 106 valence electrons. The lowest BCUT2D eigenvalue weighted by atomic mass is 10.0. The minimum Gasteiger partial charge on any atom is -0.495 e. The maximum atomic E-state index is 5.52. The first kappa shape index (κ1) is 14.5. The maximum Gasteiger partial charge on any atom is 0.178 e. The highest BCUT2D eigenvalue weighted by atomic mass is 79.9. The van der Waals surface area contributed by atoms with Crippen LogP contribution in [0.15, 0.2) is 10.5 Å². The number of benzene rings is 1. The van der Waals surface area contributed by atoms with E-state index in [2.05, 4.69) is 21.2 Å². The summed E-state index contributed by atoms with van der Waals surface area (Å²) >= 11 is 3.54. The quantitative estimate of drug-likeness (QED) is 0.901. The molecule has 1 aromatic rings. The Labute approximate surface area is 122 Å². The molecule has 4 nitrogen and oxygen atoms in total. The molecule has 1 fully saturated rings. The summed E-state index contributed by atoms with van der Waals surface area (Å²) < 4.78 is 17.1. The van der Waals surface area contributed by atoms with Crippen LogP contribution in [-0.2, 0) is 6.42 Å². The number of hydrogen-bond acceptors (Lipinski definition) is 4. The van der Waals surface area contributed by atoms with Crippen LogP contribution >= 0.6 is 15.9 Å². The van der Waals surface area contributed by atoms with Crippen molar-refractivity contribution in [3.8, 4) is 17.2 Å². The molecule has 1 unspecified atom stereocenters. The molecule has 1 aliphatic heterocycles. The van der Waals surface area contributed by atoms with E-state index in [0.717, 1.165) is 34.5 Å². The minimum atomic E-state index is 0.513. The molecule has 0 spiro atoms. The predicted molar refractivity (Wildman–Crippen MR) is 78.5 cm³/mol. The van der Waals surface area contributed by atoms with Gasteiger partial charge in [-0.05, 0) is 47.8 Å². The number of methoxy groups -OCH3 is 3. The fourth-order valence-electron chi connectivity index (χ4n) is 2.55. The summed E-state index contributed by atoms with van der Waals surface area (Å²) in [5.41, 5.74) is 1.13. The molecule has 1 saturated heterocycles. The Morgan fingerprint density at radius 1 is 1.21 bits per heavy atom. The van der Waals surface area contributed by atoms with Crippen molar-refractivity contribution in [2.75, 3.05) is 27.9 Å². The topological polar surface area (TPSA) is 39.7 Å². The second-order valence-electron chi connectivity index (χ2n) is 4.62. The SMILES string of the molecule is COc1cc(CC2CCCN2)c(OC)c(Br)c1OC. The van der Waals surface area contributed by atoms with Crippen LogP contribution in [0.5, 0.6) is 17.2 Å². The van der Waals surface area contributed by atoms with Gasteiger partial charge in [-0.3, -0.25) is 0 Å². The van der Waals surface area contributed by atoms with Gasteiger partial charge in [-0.1, -0.05) is 0 Å². The Hall–Kier alpha value is -0.940. The third-order valence-electron chi connectivity index (χ3n) is 3.48. The largest absolute Gasteiger partial charge is 0.495 e. The first-order chi connectivity index (χ1) is 9.21. The summed E-state index contributed by atoms with van der Waals surface area (Å²) in [6.45, 7) is 1.10. The Morgan fingerprint density at radius 3 is 2.47 bits per heavy atom. The Kier molecular flexibility index (Phi) is 4.93. The number of rotatable bonds is 5. The van der Waals surface area contributed by atoms with Crippen LogP contribution in [0.1, 0.15) is 18.4 Å². The summed E-state index contributed by atoms with van der Waals surface area (Å²) in [5.74, 6) is 2.22. The van der Waals surface area contributed by atoms with Gasteiger partial charge in [0.05, 0.1) is 21.3 Å². The lowest BCUT2D eigenvalue weighted by Crippen LogP contribution is -2.24. The van der Waals surface area contributed by atoms with Gasteiger partial charge in [0.1, 0.15) is 10.2 Å². The molecule has 5 heteroatoms. The Bertz CT molecular complexity index is 445. The number of hydrogen-bond donors (Lipinski definition) is 1. The fraction of sp³-hybridized carbons (Fsp3) is 0.571. The zero-order chi connectivity index (χ0) is 13.8. The molecule has 2 rings (SSSR count). The average Bonchev–Trinajstić information content (AvgIpc) is 2.91. The molecule has 19 heavy (non-hydrogen) atoms. The second-order valence-corrected chi connectivity index (χ2v) is 5.41. The summed E-state index contributed by atoms with van der Waals surface area (Å²) in [5, 5.41) is 3.50. The maximum absolute atomic E-state index is 5.52. The van der Waals surface area contributed by atoms with Crippen molar-refractivity contribution < 1.29 is 14.2 Å². The first-order valence-electron chi connectivity index (χ1n) is 6.42. The highest BCUT2D eigenvalue weighted by molar-refractivity contribution is 9.10. The van der Waals surface area contributed by atoms with Crippen molar-refractivity contribution in [3.05, 3.63) is 16.1 Å². The average molecular weight is 330 g/mol. The van der Waals surface area contributed by atoms with Crippen molar-refractivity contribution in [2.24, 2.45) is 0 Å². The normalized spacial score (nSPS) is 18.4. The fourth-order valence-corrected chi connectivity index (χ4v) is 3.33. The van der Waals surface area contributed by atoms with Crippen LogP contribution in [0.25, 0.3) is 0 Å². The zero-order valence-corrected chi connectivity index (χ0v) is 13.2. The summed E-state index contributed by atoms with van der Waals surface area (Å²) in [7, 11) is 4.95. The van der Waals surface area contributed by atoms with Crippen molar-refractivity contribution in [2.45, 2.75) is 25.3 Å². The van der Waals surface area contributed by atoms with Gasteiger partial charge < -0.3 is 19.5 Å². The molecular weight excluding hydrogens is 310 g/mol. The van der Waals surface area contributed by atoms with Crippen LogP contribution in [0.2, 0.25) is 0 Å². The molecule has 0 radical (unpaired) electrons. The van der Waals surface area contributed by atoms with Gasteiger partial charge in [0.25, 0.3) is 0 Å². The second kappa shape index (κ2) is 6.48. The highest BCUT2D eigenvalue weighted by Crippen LogP contribution is 2.44. The van der Waals surface area contributed by atoms with Crippen molar-refractivity contribution >= 4 is 15.9 Å². The van der Waals surface area contributed by atoms with E-state index in [9.17, 15) is 0 Å². The monoisotopic (exact) mass is 329 g/mol. The van der Waals surface area contributed by atoms with Gasteiger partial charge in [-0.2, -0.15) is 0 Å². The highest BCUT2D eigenvalue weighted by Gasteiger charge is 2.22. The van der Waals surface area contributed by atoms with Crippen LogP contribution in [-0.4, -0.2) is 33.9 Å². The molecule has 1 aliphatic rings. The van der Waals surface area contributed by atoms with Gasteiger partial charge >= 0.3 is 0 Å². The third kappa shape index (κ3) is 2.98. The molecule has 1 heterocycles. The molecule has 0 amide bonds. The molecule has 1 N–H and O–H groups in total. The zero-order valence-electron chi connectivity index (χ0n) is 11.6. The Morgan fingerprint density at radius 2 is 1.95 bits per heavy atom.